The van der Waals surface area contributed by atoms with Gasteiger partial charge < -0.3 is 5.73 Å². The highest BCUT2D eigenvalue weighted by Gasteiger charge is 2.19. The molecule has 1 aliphatic heterocycles. The number of carbonyl (C=O) groups is 1. The largest absolute Gasteiger partial charge is 0.328 e. The molecule has 2 rings (SSSR count). The van der Waals surface area contributed by atoms with Crippen LogP contribution in [-0.4, -0.2) is 36.4 Å². The molecule has 88 valence electrons. The van der Waals surface area contributed by atoms with E-state index in [4.69, 9.17) is 5.73 Å². The standard InChI is InChI=1S/C11H15BrN2OS/c12-11-2-1-10(16-11)9(15)7-14-5-3-8(13)4-6-14/h1-2,8H,3-7,13H2. The summed E-state index contributed by atoms with van der Waals surface area (Å²) < 4.78 is 1.01. The number of Topliss-reactive ketones (excluding diaryl/α,β-unsaturated/α-hetero) is 1. The number of likely N-dealkylation sites (tertiary alicyclic amines) is 1. The van der Waals surface area contributed by atoms with E-state index in [2.05, 4.69) is 20.8 Å². The summed E-state index contributed by atoms with van der Waals surface area (Å²) in [6.45, 7) is 2.42. The van der Waals surface area contributed by atoms with Crippen LogP contribution in [-0.2, 0) is 0 Å². The van der Waals surface area contributed by atoms with Crippen LogP contribution in [0.15, 0.2) is 15.9 Å². The lowest BCUT2D eigenvalue weighted by atomic mass is 10.1. The fourth-order valence-electron chi connectivity index (χ4n) is 1.86. The van der Waals surface area contributed by atoms with E-state index in [9.17, 15) is 4.79 Å². The molecule has 16 heavy (non-hydrogen) atoms. The van der Waals surface area contributed by atoms with Gasteiger partial charge >= 0.3 is 0 Å². The Bertz CT molecular complexity index is 372. The van der Waals surface area contributed by atoms with Gasteiger partial charge in [-0.3, -0.25) is 9.69 Å². The fourth-order valence-corrected chi connectivity index (χ4v) is 3.17. The molecular weight excluding hydrogens is 288 g/mol. The Morgan fingerprint density at radius 1 is 1.50 bits per heavy atom. The highest BCUT2D eigenvalue weighted by atomic mass is 79.9. The first-order valence-corrected chi connectivity index (χ1v) is 7.02. The average Bonchev–Trinajstić information content (AvgIpc) is 2.68. The van der Waals surface area contributed by atoms with Crippen molar-refractivity contribution in [2.24, 2.45) is 5.73 Å². The van der Waals surface area contributed by atoms with Crippen LogP contribution < -0.4 is 5.73 Å². The van der Waals surface area contributed by atoms with Crippen LogP contribution in [0, 0.1) is 0 Å². The van der Waals surface area contributed by atoms with Gasteiger partial charge in [-0.05, 0) is 40.9 Å². The molecule has 5 heteroatoms. The normalized spacial score (nSPS) is 18.9. The second-order valence-electron chi connectivity index (χ2n) is 4.14. The highest BCUT2D eigenvalue weighted by molar-refractivity contribution is 9.11. The van der Waals surface area contributed by atoms with Gasteiger partial charge in [-0.15, -0.1) is 11.3 Å². The van der Waals surface area contributed by atoms with Crippen LogP contribution in [0.1, 0.15) is 22.5 Å². The maximum atomic E-state index is 11.9. The Balaban J connectivity index is 1.88. The quantitative estimate of drug-likeness (QED) is 0.870. The zero-order valence-electron chi connectivity index (χ0n) is 8.99. The van der Waals surface area contributed by atoms with Gasteiger partial charge in [-0.2, -0.15) is 0 Å². The number of rotatable bonds is 3. The van der Waals surface area contributed by atoms with Crippen LogP contribution in [0.25, 0.3) is 0 Å². The van der Waals surface area contributed by atoms with Crippen molar-refractivity contribution in [2.75, 3.05) is 19.6 Å². The fraction of sp³-hybridized carbons (Fsp3) is 0.545. The van der Waals surface area contributed by atoms with Gasteiger partial charge in [0.15, 0.2) is 5.78 Å². The molecule has 2 heterocycles. The maximum Gasteiger partial charge on any atom is 0.186 e. The van der Waals surface area contributed by atoms with E-state index in [1.807, 2.05) is 12.1 Å². The van der Waals surface area contributed by atoms with Crippen molar-refractivity contribution < 1.29 is 4.79 Å². The molecule has 1 aromatic rings. The number of piperidine rings is 1. The number of nitrogens with zero attached hydrogens (tertiary/aromatic N) is 1. The number of hydrogen-bond donors (Lipinski definition) is 1. The summed E-state index contributed by atoms with van der Waals surface area (Å²) in [4.78, 5) is 15.0. The molecule has 0 amide bonds. The van der Waals surface area contributed by atoms with Gasteiger partial charge in [-0.1, -0.05) is 0 Å². The minimum atomic E-state index is 0.214. The van der Waals surface area contributed by atoms with Crippen molar-refractivity contribution in [1.82, 2.24) is 4.90 Å². The average molecular weight is 303 g/mol. The van der Waals surface area contributed by atoms with E-state index < -0.39 is 0 Å². The number of thiophene rings is 1. The highest BCUT2D eigenvalue weighted by Crippen LogP contribution is 2.22. The predicted octanol–water partition coefficient (Wildman–Crippen LogP) is 2.12. The van der Waals surface area contributed by atoms with Crippen LogP contribution in [0.3, 0.4) is 0 Å². The molecule has 0 saturated carbocycles. The molecule has 0 unspecified atom stereocenters. The molecule has 1 aromatic heterocycles. The molecule has 0 spiro atoms. The first kappa shape index (κ1) is 12.2. The lowest BCUT2D eigenvalue weighted by molar-refractivity contribution is 0.0914. The Morgan fingerprint density at radius 2 is 2.19 bits per heavy atom. The third-order valence-corrected chi connectivity index (χ3v) is 4.51. The van der Waals surface area contributed by atoms with E-state index in [0.29, 0.717) is 12.6 Å². The number of ketones is 1. The second-order valence-corrected chi connectivity index (χ2v) is 6.60. The maximum absolute atomic E-state index is 11.9. The molecule has 1 fully saturated rings. The lowest BCUT2D eigenvalue weighted by Crippen LogP contribution is -2.41. The third-order valence-electron chi connectivity index (χ3n) is 2.85. The third kappa shape index (κ3) is 3.13. The number of carbonyl (C=O) groups excluding carboxylic acids is 1. The molecule has 1 aliphatic rings. The smallest absolute Gasteiger partial charge is 0.186 e. The SMILES string of the molecule is NC1CCN(CC(=O)c2ccc(Br)s2)CC1. The summed E-state index contributed by atoms with van der Waals surface area (Å²) in [6, 6.07) is 4.12. The van der Waals surface area contributed by atoms with E-state index in [1.165, 1.54) is 11.3 Å². The van der Waals surface area contributed by atoms with Crippen LogP contribution >= 0.6 is 27.3 Å². The summed E-state index contributed by atoms with van der Waals surface area (Å²) in [5.74, 6) is 0.214. The minimum absolute atomic E-state index is 0.214. The van der Waals surface area contributed by atoms with Crippen LogP contribution in [0.4, 0.5) is 0 Å². The minimum Gasteiger partial charge on any atom is -0.328 e. The molecule has 0 radical (unpaired) electrons. The molecule has 2 N–H and O–H groups in total. The van der Waals surface area contributed by atoms with Gasteiger partial charge in [0.25, 0.3) is 0 Å². The van der Waals surface area contributed by atoms with E-state index in [-0.39, 0.29) is 5.78 Å². The summed E-state index contributed by atoms with van der Waals surface area (Å²) >= 11 is 4.87. The van der Waals surface area contributed by atoms with Gasteiger partial charge in [0.1, 0.15) is 0 Å². The van der Waals surface area contributed by atoms with Crippen molar-refractivity contribution >= 4 is 33.0 Å². The van der Waals surface area contributed by atoms with Crippen molar-refractivity contribution in [1.29, 1.82) is 0 Å². The zero-order valence-corrected chi connectivity index (χ0v) is 11.4. The van der Waals surface area contributed by atoms with Gasteiger partial charge in [-0.25, -0.2) is 0 Å². The monoisotopic (exact) mass is 302 g/mol. The number of halogens is 1. The molecule has 3 nitrogen and oxygen atoms in total. The summed E-state index contributed by atoms with van der Waals surface area (Å²) in [6.07, 6.45) is 2.00. The van der Waals surface area contributed by atoms with E-state index in [1.54, 1.807) is 0 Å². The second kappa shape index (κ2) is 5.40. The van der Waals surface area contributed by atoms with Crippen LogP contribution in [0.2, 0.25) is 0 Å². The van der Waals surface area contributed by atoms with E-state index in [0.717, 1.165) is 34.6 Å². The molecule has 0 bridgehead atoms. The van der Waals surface area contributed by atoms with Crippen LogP contribution in [0.5, 0.6) is 0 Å². The van der Waals surface area contributed by atoms with Crippen molar-refractivity contribution in [3.8, 4) is 0 Å². The van der Waals surface area contributed by atoms with Crippen molar-refractivity contribution in [3.63, 3.8) is 0 Å². The Labute approximate surface area is 108 Å². The first-order valence-electron chi connectivity index (χ1n) is 5.41. The first-order chi connectivity index (χ1) is 7.65. The van der Waals surface area contributed by atoms with Gasteiger partial charge in [0.2, 0.25) is 0 Å². The molecular formula is C11H15BrN2OS. The van der Waals surface area contributed by atoms with Gasteiger partial charge in [0.05, 0.1) is 15.2 Å². The summed E-state index contributed by atoms with van der Waals surface area (Å²) in [5, 5.41) is 0. The topological polar surface area (TPSA) is 46.3 Å². The van der Waals surface area contributed by atoms with Crippen molar-refractivity contribution in [3.05, 3.63) is 20.8 Å². The molecule has 0 atom stereocenters. The molecule has 0 aromatic carbocycles. The van der Waals surface area contributed by atoms with Crippen molar-refractivity contribution in [2.45, 2.75) is 18.9 Å². The predicted molar refractivity (Wildman–Crippen MR) is 70.0 cm³/mol. The molecule has 0 aliphatic carbocycles. The van der Waals surface area contributed by atoms with E-state index >= 15 is 0 Å². The molecule has 1 saturated heterocycles. The Morgan fingerprint density at radius 3 is 2.75 bits per heavy atom. The zero-order chi connectivity index (χ0) is 11.5. The number of nitrogens with two attached hydrogens (primary N) is 1. The number of hydrogen-bond acceptors (Lipinski definition) is 4. The Kier molecular flexibility index (Phi) is 4.13. The Hall–Kier alpha value is -0.230. The lowest BCUT2D eigenvalue weighted by Gasteiger charge is -2.29. The summed E-state index contributed by atoms with van der Waals surface area (Å²) in [7, 11) is 0. The van der Waals surface area contributed by atoms with Gasteiger partial charge in [0, 0.05) is 19.1 Å². The summed E-state index contributed by atoms with van der Waals surface area (Å²) in [5.41, 5.74) is 5.83.